The Morgan fingerprint density at radius 1 is 0.967 bits per heavy atom. The molecule has 0 aliphatic carbocycles. The molecule has 2 N–H and O–H groups in total. The quantitative estimate of drug-likeness (QED) is 0.452. The fourth-order valence-electron chi connectivity index (χ4n) is 3.07. The van der Waals surface area contributed by atoms with E-state index < -0.39 is 0 Å². The molecule has 0 amide bonds. The molecule has 30 heavy (non-hydrogen) atoms. The van der Waals surface area contributed by atoms with Gasteiger partial charge in [0.25, 0.3) is 0 Å². The maximum atomic E-state index is 13.8. The van der Waals surface area contributed by atoms with Gasteiger partial charge in [0.15, 0.2) is 10.9 Å². The number of nitrogens with one attached hydrogen (secondary N) is 2. The van der Waals surface area contributed by atoms with Crippen molar-refractivity contribution in [2.24, 2.45) is 0 Å². The maximum Gasteiger partial charge on any atom is 0.176 e. The van der Waals surface area contributed by atoms with E-state index in [2.05, 4.69) is 39.9 Å². The highest BCUT2D eigenvalue weighted by Crippen LogP contribution is 2.13. The Kier molecular flexibility index (Phi) is 5.85. The van der Waals surface area contributed by atoms with Gasteiger partial charge in [0.2, 0.25) is 0 Å². The van der Waals surface area contributed by atoms with Gasteiger partial charge >= 0.3 is 0 Å². The lowest BCUT2D eigenvalue weighted by atomic mass is 10.1. The molecule has 0 bridgehead atoms. The summed E-state index contributed by atoms with van der Waals surface area (Å²) >= 11 is 5.37. The van der Waals surface area contributed by atoms with Gasteiger partial charge in [0.05, 0.1) is 25.0 Å². The van der Waals surface area contributed by atoms with E-state index in [-0.39, 0.29) is 5.82 Å². The minimum atomic E-state index is -0.248. The summed E-state index contributed by atoms with van der Waals surface area (Å²) in [6, 6.07) is 16.7. The smallest absolute Gasteiger partial charge is 0.176 e. The van der Waals surface area contributed by atoms with Gasteiger partial charge in [-0.1, -0.05) is 42.5 Å². The van der Waals surface area contributed by atoms with Gasteiger partial charge in [0.1, 0.15) is 5.82 Å². The van der Waals surface area contributed by atoms with Crippen LogP contribution in [-0.2, 0) is 13.1 Å². The fourth-order valence-corrected chi connectivity index (χ4v) is 3.30. The highest BCUT2D eigenvalue weighted by atomic mass is 32.1. The van der Waals surface area contributed by atoms with E-state index in [0.717, 1.165) is 5.69 Å². The Hall–Kier alpha value is -3.52. The summed E-state index contributed by atoms with van der Waals surface area (Å²) in [6.07, 6.45) is 5.40. The number of rotatable bonds is 6. The van der Waals surface area contributed by atoms with Crippen molar-refractivity contribution < 1.29 is 4.39 Å². The molecule has 0 atom stereocenters. The van der Waals surface area contributed by atoms with E-state index in [9.17, 15) is 4.39 Å². The second-order valence-electron chi connectivity index (χ2n) is 6.92. The second-order valence-corrected chi connectivity index (χ2v) is 7.33. The lowest BCUT2D eigenvalue weighted by molar-refractivity contribution is 0.586. The number of nitrogens with zero attached hydrogens (tertiary/aromatic N) is 4. The summed E-state index contributed by atoms with van der Waals surface area (Å²) < 4.78 is 17.3. The molecule has 152 valence electrons. The molecule has 8 heteroatoms. The Morgan fingerprint density at radius 2 is 1.70 bits per heavy atom. The SMILES string of the molecule is Cc1ccccc1Cn1cc(NC(=S)Nc2ccn(Cc3ccccc3F)n2)cn1. The van der Waals surface area contributed by atoms with E-state index in [1.165, 1.54) is 17.2 Å². The Balaban J connectivity index is 1.33. The predicted molar refractivity (Wildman–Crippen MR) is 120 cm³/mol. The zero-order valence-electron chi connectivity index (χ0n) is 16.4. The van der Waals surface area contributed by atoms with Crippen molar-refractivity contribution >= 4 is 28.8 Å². The number of anilines is 2. The monoisotopic (exact) mass is 420 g/mol. The molecular weight excluding hydrogens is 399 g/mol. The van der Waals surface area contributed by atoms with Gasteiger partial charge in [-0.05, 0) is 36.3 Å². The van der Waals surface area contributed by atoms with Gasteiger partial charge in [-0.3, -0.25) is 9.36 Å². The van der Waals surface area contributed by atoms with Crippen molar-refractivity contribution in [1.29, 1.82) is 0 Å². The van der Waals surface area contributed by atoms with E-state index in [4.69, 9.17) is 12.2 Å². The fraction of sp³-hybridized carbons (Fsp3) is 0.136. The molecule has 0 saturated heterocycles. The predicted octanol–water partition coefficient (Wildman–Crippen LogP) is 4.43. The van der Waals surface area contributed by atoms with Gasteiger partial charge in [-0.2, -0.15) is 10.2 Å². The van der Waals surface area contributed by atoms with Crippen molar-refractivity contribution in [1.82, 2.24) is 19.6 Å². The normalized spacial score (nSPS) is 10.7. The van der Waals surface area contributed by atoms with Crippen LogP contribution in [0.3, 0.4) is 0 Å². The van der Waals surface area contributed by atoms with Crippen LogP contribution in [0.15, 0.2) is 73.2 Å². The number of halogens is 1. The number of hydrogen-bond acceptors (Lipinski definition) is 3. The summed E-state index contributed by atoms with van der Waals surface area (Å²) in [4.78, 5) is 0. The topological polar surface area (TPSA) is 59.7 Å². The minimum absolute atomic E-state index is 0.248. The molecule has 0 spiro atoms. The molecule has 0 fully saturated rings. The average Bonchev–Trinajstić information content (AvgIpc) is 3.35. The lowest BCUT2D eigenvalue weighted by Crippen LogP contribution is -2.19. The van der Waals surface area contributed by atoms with Gasteiger partial charge in [0, 0.05) is 24.0 Å². The van der Waals surface area contributed by atoms with Gasteiger partial charge in [-0.15, -0.1) is 0 Å². The van der Waals surface area contributed by atoms with E-state index in [0.29, 0.717) is 29.6 Å². The molecule has 4 aromatic rings. The number of thiocarbonyl (C=S) groups is 1. The zero-order valence-corrected chi connectivity index (χ0v) is 17.2. The van der Waals surface area contributed by atoms with Crippen LogP contribution in [0.2, 0.25) is 0 Å². The molecule has 0 radical (unpaired) electrons. The minimum Gasteiger partial charge on any atom is -0.330 e. The third-order valence-electron chi connectivity index (χ3n) is 4.66. The Morgan fingerprint density at radius 3 is 2.50 bits per heavy atom. The molecule has 0 unspecified atom stereocenters. The first-order chi connectivity index (χ1) is 14.6. The Labute approximate surface area is 179 Å². The largest absolute Gasteiger partial charge is 0.330 e. The Bertz CT molecular complexity index is 1080. The maximum absolute atomic E-state index is 13.8. The molecular formula is C22H21FN6S. The summed E-state index contributed by atoms with van der Waals surface area (Å²) in [7, 11) is 0. The molecule has 0 saturated carbocycles. The summed E-state index contributed by atoms with van der Waals surface area (Å²) in [5.41, 5.74) is 3.81. The highest BCUT2D eigenvalue weighted by molar-refractivity contribution is 7.80. The molecule has 0 aliphatic heterocycles. The van der Waals surface area contributed by atoms with Crippen LogP contribution in [0.4, 0.5) is 15.9 Å². The lowest BCUT2D eigenvalue weighted by Gasteiger charge is -2.07. The summed E-state index contributed by atoms with van der Waals surface area (Å²) in [5.74, 6) is 0.332. The van der Waals surface area contributed by atoms with Crippen molar-refractivity contribution in [3.8, 4) is 0 Å². The third kappa shape index (κ3) is 4.90. The van der Waals surface area contributed by atoms with E-state index in [1.54, 1.807) is 41.3 Å². The van der Waals surface area contributed by atoms with Crippen LogP contribution >= 0.6 is 12.2 Å². The molecule has 4 rings (SSSR count). The van der Waals surface area contributed by atoms with E-state index in [1.807, 2.05) is 23.0 Å². The first kappa shape index (κ1) is 19.8. The first-order valence-corrected chi connectivity index (χ1v) is 9.89. The van der Waals surface area contributed by atoms with Gasteiger partial charge < -0.3 is 10.6 Å². The van der Waals surface area contributed by atoms with Crippen molar-refractivity contribution in [3.63, 3.8) is 0 Å². The molecule has 0 aliphatic rings. The number of aryl methyl sites for hydroxylation is 1. The van der Waals surface area contributed by atoms with Crippen molar-refractivity contribution in [2.75, 3.05) is 10.6 Å². The summed E-state index contributed by atoms with van der Waals surface area (Å²) in [5, 5.41) is 15.3. The van der Waals surface area contributed by atoms with Crippen LogP contribution < -0.4 is 10.6 Å². The number of hydrogen-bond donors (Lipinski definition) is 2. The van der Waals surface area contributed by atoms with Gasteiger partial charge in [-0.25, -0.2) is 4.39 Å². The molecule has 6 nitrogen and oxygen atoms in total. The van der Waals surface area contributed by atoms with Crippen LogP contribution in [0.5, 0.6) is 0 Å². The molecule has 2 aromatic carbocycles. The molecule has 2 heterocycles. The summed E-state index contributed by atoms with van der Waals surface area (Å²) in [6.45, 7) is 3.12. The zero-order chi connectivity index (χ0) is 20.9. The van der Waals surface area contributed by atoms with E-state index >= 15 is 0 Å². The second kappa shape index (κ2) is 8.87. The standard InChI is InChI=1S/C22H21FN6S/c1-16-6-2-3-7-17(16)13-29-15-19(12-24-29)25-22(30)26-21-10-11-28(27-21)14-18-8-4-5-9-20(18)23/h2-12,15H,13-14H2,1H3,(H2,25,26,27,30). The first-order valence-electron chi connectivity index (χ1n) is 9.48. The third-order valence-corrected chi connectivity index (χ3v) is 4.86. The average molecular weight is 421 g/mol. The number of benzene rings is 2. The van der Waals surface area contributed by atoms with Crippen LogP contribution in [0.25, 0.3) is 0 Å². The molecule has 2 aromatic heterocycles. The van der Waals surface area contributed by atoms with Crippen LogP contribution in [0, 0.1) is 12.7 Å². The van der Waals surface area contributed by atoms with Crippen LogP contribution in [-0.4, -0.2) is 24.7 Å². The van der Waals surface area contributed by atoms with Crippen LogP contribution in [0.1, 0.15) is 16.7 Å². The van der Waals surface area contributed by atoms with Crippen molar-refractivity contribution in [3.05, 3.63) is 95.7 Å². The van der Waals surface area contributed by atoms with Crippen molar-refractivity contribution in [2.45, 2.75) is 20.0 Å². The number of aromatic nitrogens is 4. The highest BCUT2D eigenvalue weighted by Gasteiger charge is 2.07.